The lowest BCUT2D eigenvalue weighted by atomic mass is 9.64. The fourth-order valence-corrected chi connectivity index (χ4v) is 7.04. The average molecular weight is 559 g/mol. The molecule has 1 fully saturated rings. The van der Waals surface area contributed by atoms with Crippen molar-refractivity contribution in [3.05, 3.63) is 146 Å². The minimum absolute atomic E-state index is 0.220. The number of aryl methyl sites for hydroxylation is 1. The molecule has 8 heteroatoms. The maximum atomic E-state index is 14.6. The van der Waals surface area contributed by atoms with Crippen LogP contribution in [0.25, 0.3) is 6.08 Å². The Morgan fingerprint density at radius 1 is 0.905 bits per heavy atom. The third-order valence-corrected chi connectivity index (χ3v) is 8.81. The molecule has 0 N–H and O–H groups in total. The molecule has 7 nitrogen and oxygen atoms in total. The average Bonchev–Trinajstić information content (AvgIpc) is 3.43. The number of nitrogens with zero attached hydrogens (tertiary/aromatic N) is 2. The largest absolute Gasteiger partial charge is 0.352 e. The lowest BCUT2D eigenvalue weighted by Crippen LogP contribution is -2.48. The summed E-state index contributed by atoms with van der Waals surface area (Å²) in [5.74, 6) is -2.80. The summed E-state index contributed by atoms with van der Waals surface area (Å²) in [4.78, 5) is 56.9. The van der Waals surface area contributed by atoms with Crippen LogP contribution in [0.5, 0.6) is 0 Å². The molecule has 42 heavy (non-hydrogen) atoms. The van der Waals surface area contributed by atoms with Crippen molar-refractivity contribution in [2.75, 3.05) is 4.90 Å². The van der Waals surface area contributed by atoms with Gasteiger partial charge >= 0.3 is 0 Å². The Hall–Kier alpha value is -5.24. The zero-order valence-electron chi connectivity index (χ0n) is 22.4. The predicted molar refractivity (Wildman–Crippen MR) is 154 cm³/mol. The van der Waals surface area contributed by atoms with Crippen molar-refractivity contribution in [2.24, 2.45) is 5.41 Å². The molecule has 1 aliphatic carbocycles. The number of halogens is 1. The molecule has 2 aliphatic heterocycles. The predicted octanol–water partition coefficient (Wildman–Crippen LogP) is 6.36. The third kappa shape index (κ3) is 3.41. The van der Waals surface area contributed by atoms with E-state index in [9.17, 15) is 28.9 Å². The minimum Gasteiger partial charge on any atom is -0.352 e. The Balaban J connectivity index is 1.56. The van der Waals surface area contributed by atoms with Crippen molar-refractivity contribution >= 4 is 34.8 Å². The number of anilines is 1. The van der Waals surface area contributed by atoms with Crippen LogP contribution in [0.1, 0.15) is 53.7 Å². The van der Waals surface area contributed by atoms with Gasteiger partial charge in [-0.05, 0) is 30.7 Å². The molecule has 0 saturated carbocycles. The molecule has 7 rings (SSSR count). The van der Waals surface area contributed by atoms with Gasteiger partial charge in [0, 0.05) is 46.0 Å². The maximum Gasteiger partial charge on any atom is 0.269 e. The molecule has 4 aromatic carbocycles. The molecule has 0 bridgehead atoms. The molecule has 1 saturated heterocycles. The van der Waals surface area contributed by atoms with Crippen LogP contribution in [0, 0.1) is 28.3 Å². The van der Waals surface area contributed by atoms with Gasteiger partial charge in [-0.15, -0.1) is 0 Å². The van der Waals surface area contributed by atoms with Gasteiger partial charge in [0.15, 0.2) is 17.3 Å². The number of ketones is 3. The summed E-state index contributed by atoms with van der Waals surface area (Å²) in [6.07, 6.45) is 3.37. The van der Waals surface area contributed by atoms with Crippen LogP contribution in [0.2, 0.25) is 0 Å². The molecule has 0 unspecified atom stereocenters. The number of fused-ring (bicyclic) bond motifs is 5. The van der Waals surface area contributed by atoms with E-state index in [0.717, 1.165) is 5.56 Å². The van der Waals surface area contributed by atoms with Gasteiger partial charge in [0.25, 0.3) is 5.69 Å². The highest BCUT2D eigenvalue weighted by molar-refractivity contribution is 6.32. The molecule has 206 valence electrons. The number of Topliss-reactive ketones (excluding diaryl/α,β-unsaturated/α-hetero) is 3. The Kier molecular flexibility index (Phi) is 5.59. The van der Waals surface area contributed by atoms with E-state index in [1.807, 2.05) is 6.92 Å². The van der Waals surface area contributed by atoms with Gasteiger partial charge in [-0.3, -0.25) is 24.5 Å². The van der Waals surface area contributed by atoms with E-state index in [1.165, 1.54) is 30.3 Å². The van der Waals surface area contributed by atoms with E-state index in [4.69, 9.17) is 0 Å². The second-order valence-electron chi connectivity index (χ2n) is 11.0. The standard InChI is InChI=1S/C34H23FN2O5/c1-19-9-11-20(12-10-19)31(38)30-29(22-5-4-6-24(18-22)37(41)42)34(32(39)25-7-2-3-8-26(25)33(34)40)28-16-13-21-17-23(35)14-15-27(21)36(28)30/h2-18,28-30H,1H3/t28-,29+,30-/m0/s1. The summed E-state index contributed by atoms with van der Waals surface area (Å²) in [7, 11) is 0. The molecule has 2 heterocycles. The number of carbonyl (C=O) groups excluding carboxylic acids is 3. The van der Waals surface area contributed by atoms with E-state index in [1.54, 1.807) is 77.7 Å². The number of non-ortho nitro benzene ring substituents is 1. The summed E-state index contributed by atoms with van der Waals surface area (Å²) < 4.78 is 14.4. The van der Waals surface area contributed by atoms with E-state index < -0.39 is 45.7 Å². The molecule has 0 amide bonds. The van der Waals surface area contributed by atoms with Gasteiger partial charge in [-0.25, -0.2) is 4.39 Å². The lowest BCUT2D eigenvalue weighted by Gasteiger charge is -2.37. The first kappa shape index (κ1) is 25.7. The monoisotopic (exact) mass is 558 g/mol. The summed E-state index contributed by atoms with van der Waals surface area (Å²) in [6, 6.07) is 21.5. The summed E-state index contributed by atoms with van der Waals surface area (Å²) in [5.41, 5.74) is 1.12. The molecule has 0 aromatic heterocycles. The van der Waals surface area contributed by atoms with Gasteiger partial charge in [0.1, 0.15) is 17.3 Å². The normalized spacial score (nSPS) is 21.3. The Morgan fingerprint density at radius 2 is 1.60 bits per heavy atom. The first-order valence-corrected chi connectivity index (χ1v) is 13.5. The Labute approximate surface area is 240 Å². The zero-order chi connectivity index (χ0) is 29.3. The van der Waals surface area contributed by atoms with Crippen LogP contribution < -0.4 is 4.90 Å². The number of carbonyl (C=O) groups is 3. The number of hydrogen-bond donors (Lipinski definition) is 0. The molecular weight excluding hydrogens is 535 g/mol. The highest BCUT2D eigenvalue weighted by Gasteiger charge is 2.71. The number of benzene rings is 4. The fourth-order valence-electron chi connectivity index (χ4n) is 7.04. The lowest BCUT2D eigenvalue weighted by molar-refractivity contribution is -0.384. The summed E-state index contributed by atoms with van der Waals surface area (Å²) >= 11 is 0. The van der Waals surface area contributed by atoms with Gasteiger partial charge in [-0.1, -0.05) is 78.4 Å². The molecular formula is C34H23FN2O5. The summed E-state index contributed by atoms with van der Waals surface area (Å²) in [5, 5.41) is 11.9. The van der Waals surface area contributed by atoms with Gasteiger partial charge in [-0.2, -0.15) is 0 Å². The van der Waals surface area contributed by atoms with Crippen molar-refractivity contribution in [3.63, 3.8) is 0 Å². The molecule has 3 atom stereocenters. The molecule has 4 aromatic rings. The van der Waals surface area contributed by atoms with Crippen LogP contribution in [-0.4, -0.2) is 34.4 Å². The molecule has 3 aliphatic rings. The van der Waals surface area contributed by atoms with Crippen LogP contribution in [0.15, 0.2) is 97.1 Å². The van der Waals surface area contributed by atoms with Crippen molar-refractivity contribution < 1.29 is 23.7 Å². The van der Waals surface area contributed by atoms with Gasteiger partial charge in [0.05, 0.1) is 11.0 Å². The second-order valence-corrected chi connectivity index (χ2v) is 11.0. The SMILES string of the molecule is Cc1ccc(C(=O)[C@@H]2[C@@H](c3cccc([N+](=O)[O-])c3)C3(C(=O)c4ccccc4C3=O)[C@@H]3C=Cc4cc(F)ccc4N23)cc1. The second kappa shape index (κ2) is 9.14. The minimum atomic E-state index is -1.80. The van der Waals surface area contributed by atoms with Crippen molar-refractivity contribution in [2.45, 2.75) is 24.9 Å². The Bertz CT molecular complexity index is 1840. The first-order chi connectivity index (χ1) is 20.2. The zero-order valence-corrected chi connectivity index (χ0v) is 22.4. The highest BCUT2D eigenvalue weighted by atomic mass is 19.1. The fraction of sp³-hybridized carbons (Fsp3) is 0.147. The van der Waals surface area contributed by atoms with Crippen molar-refractivity contribution in [3.8, 4) is 0 Å². The van der Waals surface area contributed by atoms with Crippen LogP contribution in [-0.2, 0) is 0 Å². The molecule has 1 spiro atoms. The van der Waals surface area contributed by atoms with Crippen molar-refractivity contribution in [1.82, 2.24) is 0 Å². The third-order valence-electron chi connectivity index (χ3n) is 8.81. The van der Waals surface area contributed by atoms with Crippen LogP contribution in [0.3, 0.4) is 0 Å². The molecule has 0 radical (unpaired) electrons. The quantitative estimate of drug-likeness (QED) is 0.125. The summed E-state index contributed by atoms with van der Waals surface area (Å²) in [6.45, 7) is 1.90. The van der Waals surface area contributed by atoms with Crippen LogP contribution in [0.4, 0.5) is 15.8 Å². The maximum absolute atomic E-state index is 14.6. The number of hydrogen-bond acceptors (Lipinski definition) is 6. The number of nitro benzene ring substituents is 1. The first-order valence-electron chi connectivity index (χ1n) is 13.5. The number of nitro groups is 1. The van der Waals surface area contributed by atoms with Crippen molar-refractivity contribution in [1.29, 1.82) is 0 Å². The Morgan fingerprint density at radius 3 is 2.26 bits per heavy atom. The van der Waals surface area contributed by atoms with Crippen LogP contribution >= 0.6 is 0 Å². The smallest absolute Gasteiger partial charge is 0.269 e. The highest BCUT2D eigenvalue weighted by Crippen LogP contribution is 2.61. The van der Waals surface area contributed by atoms with E-state index >= 15 is 0 Å². The van der Waals surface area contributed by atoms with Gasteiger partial charge < -0.3 is 4.90 Å². The van der Waals surface area contributed by atoms with E-state index in [2.05, 4.69) is 0 Å². The number of rotatable bonds is 4. The van der Waals surface area contributed by atoms with E-state index in [0.29, 0.717) is 22.4 Å². The van der Waals surface area contributed by atoms with E-state index in [-0.39, 0.29) is 22.6 Å². The topological polar surface area (TPSA) is 97.6 Å². The van der Waals surface area contributed by atoms with Gasteiger partial charge in [0.2, 0.25) is 0 Å².